The van der Waals surface area contributed by atoms with Crippen molar-refractivity contribution >= 4 is 16.8 Å². The van der Waals surface area contributed by atoms with Crippen molar-refractivity contribution in [2.75, 3.05) is 6.61 Å². The van der Waals surface area contributed by atoms with Gasteiger partial charge in [0.2, 0.25) is 0 Å². The molecular formula is C18H22N2O2. The van der Waals surface area contributed by atoms with Crippen LogP contribution < -0.4 is 5.32 Å². The minimum Gasteiger partial charge on any atom is -0.396 e. The predicted octanol–water partition coefficient (Wildman–Crippen LogP) is 2.82. The summed E-state index contributed by atoms with van der Waals surface area (Å²) in [6, 6.07) is 9.56. The molecule has 1 aliphatic carbocycles. The topological polar surface area (TPSA) is 62.2 Å². The van der Waals surface area contributed by atoms with Crippen LogP contribution >= 0.6 is 0 Å². The number of carbonyl (C=O) groups is 1. The summed E-state index contributed by atoms with van der Waals surface area (Å²) in [4.78, 5) is 17.2. The first-order valence-electron chi connectivity index (χ1n) is 7.81. The molecule has 0 spiro atoms. The van der Waals surface area contributed by atoms with E-state index in [0.29, 0.717) is 5.56 Å². The fraction of sp³-hybridized carbons (Fsp3) is 0.444. The number of hydrogen-bond acceptors (Lipinski definition) is 3. The Morgan fingerprint density at radius 3 is 3.00 bits per heavy atom. The molecule has 116 valence electrons. The second-order valence-corrected chi connectivity index (χ2v) is 6.56. The van der Waals surface area contributed by atoms with Crippen LogP contribution in [0.25, 0.3) is 10.9 Å². The molecule has 1 aromatic carbocycles. The third-order valence-electron chi connectivity index (χ3n) is 4.84. The normalized spacial score (nSPS) is 24.6. The van der Waals surface area contributed by atoms with Gasteiger partial charge < -0.3 is 10.4 Å². The maximum atomic E-state index is 12.8. The third-order valence-corrected chi connectivity index (χ3v) is 4.84. The molecule has 2 aromatic rings. The van der Waals surface area contributed by atoms with E-state index in [2.05, 4.69) is 10.3 Å². The lowest BCUT2D eigenvalue weighted by atomic mass is 9.85. The summed E-state index contributed by atoms with van der Waals surface area (Å²) in [6.45, 7) is 4.05. The highest BCUT2D eigenvalue weighted by atomic mass is 16.3. The summed E-state index contributed by atoms with van der Waals surface area (Å²) < 4.78 is 0. The Bertz CT molecular complexity index is 713. The highest BCUT2D eigenvalue weighted by Gasteiger charge is 2.39. The summed E-state index contributed by atoms with van der Waals surface area (Å²) in [5.41, 5.74) is 2.12. The maximum Gasteiger partial charge on any atom is 0.252 e. The van der Waals surface area contributed by atoms with Crippen molar-refractivity contribution in [3.63, 3.8) is 0 Å². The number of fused-ring (bicyclic) bond motifs is 1. The van der Waals surface area contributed by atoms with Gasteiger partial charge in [0.15, 0.2) is 0 Å². The van der Waals surface area contributed by atoms with Crippen molar-refractivity contribution in [1.82, 2.24) is 10.3 Å². The van der Waals surface area contributed by atoms with Gasteiger partial charge >= 0.3 is 0 Å². The molecule has 0 saturated heterocycles. The van der Waals surface area contributed by atoms with Crippen molar-refractivity contribution in [3.05, 3.63) is 41.6 Å². The smallest absolute Gasteiger partial charge is 0.252 e. The minimum atomic E-state index is -0.215. The zero-order valence-electron chi connectivity index (χ0n) is 13.1. The summed E-state index contributed by atoms with van der Waals surface area (Å²) in [5.74, 6) is -0.0757. The molecule has 1 aliphatic rings. The van der Waals surface area contributed by atoms with E-state index in [0.717, 1.165) is 35.9 Å². The van der Waals surface area contributed by atoms with Crippen LogP contribution in [0.1, 0.15) is 42.2 Å². The summed E-state index contributed by atoms with van der Waals surface area (Å²) in [6.07, 6.45) is 2.91. The molecule has 0 radical (unpaired) electrons. The number of benzene rings is 1. The molecule has 2 N–H and O–H groups in total. The Morgan fingerprint density at radius 1 is 1.45 bits per heavy atom. The molecule has 22 heavy (non-hydrogen) atoms. The van der Waals surface area contributed by atoms with Crippen molar-refractivity contribution in [3.8, 4) is 0 Å². The average Bonchev–Trinajstić information content (AvgIpc) is 2.88. The van der Waals surface area contributed by atoms with Crippen LogP contribution in [-0.4, -0.2) is 28.6 Å². The van der Waals surface area contributed by atoms with Gasteiger partial charge in [-0.05, 0) is 31.9 Å². The minimum absolute atomic E-state index is 0.0252. The van der Waals surface area contributed by atoms with Crippen LogP contribution in [-0.2, 0) is 0 Å². The van der Waals surface area contributed by atoms with Crippen molar-refractivity contribution in [2.24, 2.45) is 5.41 Å². The number of nitrogens with zero attached hydrogens (tertiary/aromatic N) is 1. The molecule has 0 bridgehead atoms. The van der Waals surface area contributed by atoms with Crippen molar-refractivity contribution in [1.29, 1.82) is 0 Å². The highest BCUT2D eigenvalue weighted by Crippen LogP contribution is 2.37. The number of hydrogen-bond donors (Lipinski definition) is 2. The standard InChI is InChI=1S/C18H22N2O2/c1-12-10-14(13-6-3-4-7-15(13)19-12)17(22)20-16-8-5-9-18(16,2)11-21/h3-4,6-7,10,16,21H,5,8-9,11H2,1-2H3,(H,20,22). The lowest BCUT2D eigenvalue weighted by Crippen LogP contribution is -2.44. The Balaban J connectivity index is 1.93. The monoisotopic (exact) mass is 298 g/mol. The van der Waals surface area contributed by atoms with E-state index >= 15 is 0 Å². The van der Waals surface area contributed by atoms with Crippen molar-refractivity contribution < 1.29 is 9.90 Å². The number of aliphatic hydroxyl groups excluding tert-OH is 1. The Morgan fingerprint density at radius 2 is 2.23 bits per heavy atom. The van der Waals surface area contributed by atoms with Gasteiger partial charge in [0.1, 0.15) is 0 Å². The molecular weight excluding hydrogens is 276 g/mol. The molecule has 1 heterocycles. The zero-order chi connectivity index (χ0) is 15.7. The lowest BCUT2D eigenvalue weighted by Gasteiger charge is -2.30. The molecule has 2 unspecified atom stereocenters. The van der Waals surface area contributed by atoms with Gasteiger partial charge in [-0.1, -0.05) is 31.5 Å². The SMILES string of the molecule is Cc1cc(C(=O)NC2CCCC2(C)CO)c2ccccc2n1. The maximum absolute atomic E-state index is 12.8. The van der Waals surface area contributed by atoms with E-state index in [1.165, 1.54) is 0 Å². The van der Waals surface area contributed by atoms with E-state index < -0.39 is 0 Å². The van der Waals surface area contributed by atoms with Crippen LogP contribution in [0.2, 0.25) is 0 Å². The fourth-order valence-corrected chi connectivity index (χ4v) is 3.40. The largest absolute Gasteiger partial charge is 0.396 e. The molecule has 1 fully saturated rings. The average molecular weight is 298 g/mol. The summed E-state index contributed by atoms with van der Waals surface area (Å²) in [7, 11) is 0. The number of aliphatic hydroxyl groups is 1. The van der Waals surface area contributed by atoms with Crippen LogP contribution in [0.5, 0.6) is 0 Å². The Labute approximate surface area is 130 Å². The molecule has 1 amide bonds. The zero-order valence-corrected chi connectivity index (χ0v) is 13.1. The van der Waals surface area contributed by atoms with Crippen LogP contribution in [0.3, 0.4) is 0 Å². The lowest BCUT2D eigenvalue weighted by molar-refractivity contribution is 0.0832. The van der Waals surface area contributed by atoms with Gasteiger partial charge in [-0.15, -0.1) is 0 Å². The first-order valence-corrected chi connectivity index (χ1v) is 7.81. The molecule has 0 aliphatic heterocycles. The number of para-hydroxylation sites is 1. The van der Waals surface area contributed by atoms with E-state index in [9.17, 15) is 9.90 Å². The van der Waals surface area contributed by atoms with Gasteiger partial charge in [0.05, 0.1) is 17.7 Å². The molecule has 4 nitrogen and oxygen atoms in total. The van der Waals surface area contributed by atoms with Crippen LogP contribution in [0.15, 0.2) is 30.3 Å². The van der Waals surface area contributed by atoms with Gasteiger partial charge in [-0.3, -0.25) is 9.78 Å². The number of aromatic nitrogens is 1. The molecule has 4 heteroatoms. The van der Waals surface area contributed by atoms with Gasteiger partial charge in [0, 0.05) is 22.5 Å². The number of aryl methyl sites for hydroxylation is 1. The number of rotatable bonds is 3. The quantitative estimate of drug-likeness (QED) is 0.916. The van der Waals surface area contributed by atoms with Crippen molar-refractivity contribution in [2.45, 2.75) is 39.2 Å². The molecule has 2 atom stereocenters. The molecule has 1 aromatic heterocycles. The van der Waals surface area contributed by atoms with Gasteiger partial charge in [-0.25, -0.2) is 0 Å². The third kappa shape index (κ3) is 2.59. The van der Waals surface area contributed by atoms with E-state index in [-0.39, 0.29) is 24.0 Å². The Kier molecular flexibility index (Phi) is 3.87. The molecule has 1 saturated carbocycles. The van der Waals surface area contributed by atoms with E-state index in [1.54, 1.807) is 0 Å². The number of nitrogens with one attached hydrogen (secondary N) is 1. The number of pyridine rings is 1. The number of amides is 1. The van der Waals surface area contributed by atoms with E-state index in [4.69, 9.17) is 0 Å². The fourth-order valence-electron chi connectivity index (χ4n) is 3.40. The summed E-state index contributed by atoms with van der Waals surface area (Å²) in [5, 5.41) is 13.6. The van der Waals surface area contributed by atoms with E-state index in [1.807, 2.05) is 44.2 Å². The second kappa shape index (κ2) is 5.69. The van der Waals surface area contributed by atoms with Gasteiger partial charge in [-0.2, -0.15) is 0 Å². The molecule has 3 rings (SSSR count). The second-order valence-electron chi connectivity index (χ2n) is 6.56. The predicted molar refractivity (Wildman–Crippen MR) is 86.8 cm³/mol. The first kappa shape index (κ1) is 15.0. The van der Waals surface area contributed by atoms with Gasteiger partial charge in [0.25, 0.3) is 5.91 Å². The Hall–Kier alpha value is -1.94. The van der Waals surface area contributed by atoms with Crippen LogP contribution in [0.4, 0.5) is 0 Å². The summed E-state index contributed by atoms with van der Waals surface area (Å²) >= 11 is 0. The highest BCUT2D eigenvalue weighted by molar-refractivity contribution is 6.06. The van der Waals surface area contributed by atoms with Crippen LogP contribution in [0, 0.1) is 12.3 Å². The number of carbonyl (C=O) groups excluding carboxylic acids is 1. The first-order chi connectivity index (χ1) is 10.5.